The number of benzene rings is 2. The lowest BCUT2D eigenvalue weighted by molar-refractivity contribution is 0.328. The van der Waals surface area contributed by atoms with Gasteiger partial charge in [-0.1, -0.05) is 36.4 Å². The molecule has 2 aromatic carbocycles. The zero-order chi connectivity index (χ0) is 15.9. The van der Waals surface area contributed by atoms with E-state index < -0.39 is 0 Å². The highest BCUT2D eigenvalue weighted by Gasteiger charge is 2.27. The average Bonchev–Trinajstić information content (AvgIpc) is 3.34. The van der Waals surface area contributed by atoms with E-state index in [-0.39, 0.29) is 0 Å². The Morgan fingerprint density at radius 3 is 3.08 bits per heavy atom. The number of fused-ring (bicyclic) bond motifs is 2. The molecular formula is C20H20N4. The largest absolute Gasteiger partial charge is 0.361 e. The van der Waals surface area contributed by atoms with Gasteiger partial charge in [0.2, 0.25) is 0 Å². The second-order valence-electron chi connectivity index (χ2n) is 6.83. The van der Waals surface area contributed by atoms with Crippen LogP contribution in [0.5, 0.6) is 0 Å². The number of aromatic amines is 1. The number of H-pyrrole nitrogens is 1. The fourth-order valence-electron chi connectivity index (χ4n) is 4.11. The Balaban J connectivity index is 1.36. The van der Waals surface area contributed by atoms with Crippen molar-refractivity contribution < 1.29 is 0 Å². The van der Waals surface area contributed by atoms with E-state index >= 15 is 0 Å². The fraction of sp³-hybridized carbons (Fsp3) is 0.300. The van der Waals surface area contributed by atoms with Crippen LogP contribution in [-0.4, -0.2) is 23.0 Å². The molecule has 1 unspecified atom stereocenters. The monoisotopic (exact) mass is 316 g/mol. The van der Waals surface area contributed by atoms with E-state index in [0.717, 1.165) is 31.9 Å². The van der Waals surface area contributed by atoms with Gasteiger partial charge in [0.05, 0.1) is 12.2 Å². The minimum Gasteiger partial charge on any atom is -0.361 e. The summed E-state index contributed by atoms with van der Waals surface area (Å²) < 4.78 is 0. The van der Waals surface area contributed by atoms with Crippen LogP contribution in [0.4, 0.5) is 5.69 Å². The van der Waals surface area contributed by atoms with Gasteiger partial charge in [-0.2, -0.15) is 10.2 Å². The van der Waals surface area contributed by atoms with Crippen molar-refractivity contribution in [3.8, 4) is 0 Å². The molecule has 120 valence electrons. The topological polar surface area (TPSA) is 43.8 Å². The Bertz CT molecular complexity index is 924. The van der Waals surface area contributed by atoms with E-state index in [2.05, 4.69) is 68.8 Å². The Labute approximate surface area is 141 Å². The van der Waals surface area contributed by atoms with E-state index in [1.165, 1.54) is 34.0 Å². The van der Waals surface area contributed by atoms with Crippen molar-refractivity contribution in [3.63, 3.8) is 0 Å². The van der Waals surface area contributed by atoms with E-state index in [4.69, 9.17) is 0 Å². The van der Waals surface area contributed by atoms with Gasteiger partial charge in [0.25, 0.3) is 0 Å². The lowest BCUT2D eigenvalue weighted by Crippen LogP contribution is -2.19. The third-order valence-corrected chi connectivity index (χ3v) is 5.34. The molecule has 5 rings (SSSR count). The quantitative estimate of drug-likeness (QED) is 0.744. The fourth-order valence-corrected chi connectivity index (χ4v) is 4.11. The smallest absolute Gasteiger partial charge is 0.0939 e. The molecule has 3 aromatic rings. The molecule has 4 heteroatoms. The lowest BCUT2D eigenvalue weighted by atomic mass is 9.94. The van der Waals surface area contributed by atoms with Gasteiger partial charge in [-0.25, -0.2) is 0 Å². The number of hydrogen-bond acceptors (Lipinski definition) is 3. The first kappa shape index (κ1) is 13.9. The second-order valence-corrected chi connectivity index (χ2v) is 6.83. The first-order chi connectivity index (χ1) is 11.9. The highest BCUT2D eigenvalue weighted by molar-refractivity contribution is 5.82. The molecule has 1 fully saturated rings. The third-order valence-electron chi connectivity index (χ3n) is 5.34. The molecular weight excluding hydrogens is 296 g/mol. The molecule has 1 atom stereocenters. The number of rotatable bonds is 3. The van der Waals surface area contributed by atoms with Crippen molar-refractivity contribution in [2.75, 3.05) is 13.1 Å². The average molecular weight is 316 g/mol. The van der Waals surface area contributed by atoms with Crippen LogP contribution in [0.25, 0.3) is 10.9 Å². The molecule has 24 heavy (non-hydrogen) atoms. The maximum absolute atomic E-state index is 4.39. The Kier molecular flexibility index (Phi) is 3.23. The summed E-state index contributed by atoms with van der Waals surface area (Å²) in [6.45, 7) is 4.00. The van der Waals surface area contributed by atoms with Gasteiger partial charge in [-0.3, -0.25) is 4.90 Å². The SMILES string of the molecule is c1cc2c(c(C3CCN(Cc4c[nH]c5ccccc45)C3)c1)N=NC2. The molecule has 1 aromatic heterocycles. The van der Waals surface area contributed by atoms with E-state index in [9.17, 15) is 0 Å². The summed E-state index contributed by atoms with van der Waals surface area (Å²) in [7, 11) is 0. The van der Waals surface area contributed by atoms with Gasteiger partial charge in [-0.15, -0.1) is 0 Å². The molecule has 0 amide bonds. The van der Waals surface area contributed by atoms with Gasteiger partial charge >= 0.3 is 0 Å². The molecule has 0 radical (unpaired) electrons. The summed E-state index contributed by atoms with van der Waals surface area (Å²) in [6.07, 6.45) is 3.36. The summed E-state index contributed by atoms with van der Waals surface area (Å²) in [4.78, 5) is 5.95. The predicted octanol–water partition coefficient (Wildman–Crippen LogP) is 4.75. The van der Waals surface area contributed by atoms with Crippen LogP contribution in [0.15, 0.2) is 58.9 Å². The Morgan fingerprint density at radius 1 is 1.12 bits per heavy atom. The number of aromatic nitrogens is 1. The number of nitrogens with one attached hydrogen (secondary N) is 1. The number of hydrogen-bond donors (Lipinski definition) is 1. The van der Waals surface area contributed by atoms with Crippen LogP contribution in [-0.2, 0) is 13.1 Å². The Hall–Kier alpha value is -2.46. The molecule has 2 aliphatic heterocycles. The van der Waals surface area contributed by atoms with Gasteiger partial charge in [0.1, 0.15) is 0 Å². The number of para-hydroxylation sites is 1. The van der Waals surface area contributed by atoms with E-state index in [1.807, 2.05) is 0 Å². The van der Waals surface area contributed by atoms with Crippen molar-refractivity contribution in [1.29, 1.82) is 0 Å². The summed E-state index contributed by atoms with van der Waals surface area (Å²) >= 11 is 0. The minimum absolute atomic E-state index is 0.571. The molecule has 4 nitrogen and oxygen atoms in total. The van der Waals surface area contributed by atoms with Gasteiger partial charge < -0.3 is 4.98 Å². The summed E-state index contributed by atoms with van der Waals surface area (Å²) in [5, 5.41) is 9.93. The molecule has 0 spiro atoms. The highest BCUT2D eigenvalue weighted by Crippen LogP contribution is 2.39. The van der Waals surface area contributed by atoms with Crippen LogP contribution in [0.1, 0.15) is 29.0 Å². The highest BCUT2D eigenvalue weighted by atomic mass is 15.2. The van der Waals surface area contributed by atoms with Gasteiger partial charge in [0, 0.05) is 41.7 Å². The van der Waals surface area contributed by atoms with Crippen LogP contribution in [0.2, 0.25) is 0 Å². The minimum atomic E-state index is 0.571. The van der Waals surface area contributed by atoms with Crippen molar-refractivity contribution in [1.82, 2.24) is 9.88 Å². The number of nitrogens with zero attached hydrogens (tertiary/aromatic N) is 3. The summed E-state index contributed by atoms with van der Waals surface area (Å²) in [5.74, 6) is 0.571. The van der Waals surface area contributed by atoms with Crippen molar-refractivity contribution in [3.05, 3.63) is 65.4 Å². The zero-order valence-corrected chi connectivity index (χ0v) is 13.6. The van der Waals surface area contributed by atoms with Gasteiger partial charge in [0.15, 0.2) is 0 Å². The van der Waals surface area contributed by atoms with Crippen molar-refractivity contribution in [2.45, 2.75) is 25.4 Å². The molecule has 3 heterocycles. The predicted molar refractivity (Wildman–Crippen MR) is 95.6 cm³/mol. The lowest BCUT2D eigenvalue weighted by Gasteiger charge is -2.16. The molecule has 0 bridgehead atoms. The number of likely N-dealkylation sites (tertiary alicyclic amines) is 1. The van der Waals surface area contributed by atoms with E-state index in [1.54, 1.807) is 0 Å². The summed E-state index contributed by atoms with van der Waals surface area (Å²) in [5.41, 5.74) is 6.42. The van der Waals surface area contributed by atoms with Crippen LogP contribution >= 0.6 is 0 Å². The molecule has 0 aliphatic carbocycles. The molecule has 1 saturated heterocycles. The van der Waals surface area contributed by atoms with Crippen molar-refractivity contribution >= 4 is 16.6 Å². The summed E-state index contributed by atoms with van der Waals surface area (Å²) in [6, 6.07) is 15.1. The van der Waals surface area contributed by atoms with Crippen LogP contribution in [0, 0.1) is 0 Å². The van der Waals surface area contributed by atoms with Gasteiger partial charge in [-0.05, 0) is 30.2 Å². The third kappa shape index (κ3) is 2.26. The maximum Gasteiger partial charge on any atom is 0.0939 e. The zero-order valence-electron chi connectivity index (χ0n) is 13.6. The van der Waals surface area contributed by atoms with Crippen molar-refractivity contribution in [2.24, 2.45) is 10.2 Å². The first-order valence-corrected chi connectivity index (χ1v) is 8.65. The normalized spacial score (nSPS) is 20.1. The molecule has 2 aliphatic rings. The van der Waals surface area contributed by atoms with E-state index in [0.29, 0.717) is 5.92 Å². The maximum atomic E-state index is 4.39. The standard InChI is InChI=1S/C20H20N4/c1-2-7-19-17(5-1)16(10-21-19)13-24-9-8-15(12-24)18-6-3-4-14-11-22-23-20(14)18/h1-7,10,15,21H,8-9,11-13H2. The van der Waals surface area contributed by atoms with Crippen LogP contribution in [0.3, 0.4) is 0 Å². The second kappa shape index (κ2) is 5.56. The first-order valence-electron chi connectivity index (χ1n) is 8.65. The number of azo groups is 1. The molecule has 1 N–H and O–H groups in total. The molecule has 0 saturated carbocycles. The Morgan fingerprint density at radius 2 is 2.08 bits per heavy atom. The van der Waals surface area contributed by atoms with Crippen LogP contribution < -0.4 is 0 Å².